The molecule has 0 spiro atoms. The van der Waals surface area contributed by atoms with Crippen molar-refractivity contribution in [2.24, 2.45) is 5.73 Å². The maximum absolute atomic E-state index is 10.8. The van der Waals surface area contributed by atoms with Crippen molar-refractivity contribution in [3.8, 4) is 0 Å². The van der Waals surface area contributed by atoms with Crippen molar-refractivity contribution >= 4 is 0 Å². The van der Waals surface area contributed by atoms with Gasteiger partial charge in [0.2, 0.25) is 0 Å². The molecule has 0 atom stereocenters. The summed E-state index contributed by atoms with van der Waals surface area (Å²) in [4.78, 5) is 0. The lowest BCUT2D eigenvalue weighted by Crippen LogP contribution is -2.61. The van der Waals surface area contributed by atoms with Crippen molar-refractivity contribution in [2.75, 3.05) is 0 Å². The molecule has 0 amide bonds. The minimum atomic E-state index is -0.546. The predicted octanol–water partition coefficient (Wildman–Crippen LogP) is 2.73. The first-order valence-corrected chi connectivity index (χ1v) is 6.68. The molecule has 0 aromatic rings. The Morgan fingerprint density at radius 1 is 0.667 bits per heavy atom. The predicted molar refractivity (Wildman–Crippen MR) is 62.7 cm³/mol. The van der Waals surface area contributed by atoms with Crippen molar-refractivity contribution in [2.45, 2.75) is 81.8 Å². The number of hydrogen-bond acceptors (Lipinski definition) is 2. The molecule has 0 heterocycles. The first-order valence-electron chi connectivity index (χ1n) is 6.68. The molecule has 3 N–H and O–H groups in total. The normalized spacial score (nSPS) is 30.8. The summed E-state index contributed by atoms with van der Waals surface area (Å²) in [6.07, 6.45) is 12.5. The van der Waals surface area contributed by atoms with E-state index in [1.807, 2.05) is 0 Å². The average Bonchev–Trinajstić information content (AvgIpc) is 2.45. The molecule has 88 valence electrons. The second-order valence-electron chi connectivity index (χ2n) is 5.66. The van der Waals surface area contributed by atoms with Gasteiger partial charge in [0, 0.05) is 5.54 Å². The monoisotopic (exact) mass is 211 g/mol. The minimum Gasteiger partial charge on any atom is -0.388 e. The molecule has 0 aromatic carbocycles. The fraction of sp³-hybridized carbons (Fsp3) is 1.00. The number of rotatable bonds is 1. The van der Waals surface area contributed by atoms with Crippen LogP contribution in [0.25, 0.3) is 0 Å². The fourth-order valence-corrected chi connectivity index (χ4v) is 3.46. The lowest BCUT2D eigenvalue weighted by molar-refractivity contribution is -0.0704. The second kappa shape index (κ2) is 4.42. The molecule has 0 aromatic heterocycles. The summed E-state index contributed by atoms with van der Waals surface area (Å²) < 4.78 is 0. The van der Waals surface area contributed by atoms with E-state index >= 15 is 0 Å². The van der Waals surface area contributed by atoms with Crippen LogP contribution in [0.3, 0.4) is 0 Å². The maximum atomic E-state index is 10.8. The van der Waals surface area contributed by atoms with Crippen LogP contribution in [0.4, 0.5) is 0 Å². The van der Waals surface area contributed by atoms with Crippen LogP contribution >= 0.6 is 0 Å². The zero-order chi connectivity index (χ0) is 10.8. The Morgan fingerprint density at radius 3 is 1.60 bits per heavy atom. The molecular weight excluding hydrogens is 186 g/mol. The van der Waals surface area contributed by atoms with Gasteiger partial charge in [-0.3, -0.25) is 0 Å². The maximum Gasteiger partial charge on any atom is 0.0826 e. The lowest BCUT2D eigenvalue weighted by atomic mass is 9.67. The van der Waals surface area contributed by atoms with E-state index in [0.29, 0.717) is 0 Å². The quantitative estimate of drug-likeness (QED) is 0.655. The molecule has 2 fully saturated rings. The highest BCUT2D eigenvalue weighted by molar-refractivity contribution is 5.05. The molecule has 0 saturated heterocycles. The largest absolute Gasteiger partial charge is 0.388 e. The van der Waals surface area contributed by atoms with E-state index in [9.17, 15) is 5.11 Å². The Labute approximate surface area is 93.2 Å². The Bertz CT molecular complexity index is 201. The Morgan fingerprint density at radius 2 is 1.07 bits per heavy atom. The molecule has 15 heavy (non-hydrogen) atoms. The van der Waals surface area contributed by atoms with Gasteiger partial charge in [0.25, 0.3) is 0 Å². The van der Waals surface area contributed by atoms with Crippen LogP contribution in [-0.4, -0.2) is 16.2 Å². The topological polar surface area (TPSA) is 46.2 Å². The van der Waals surface area contributed by atoms with E-state index in [4.69, 9.17) is 5.73 Å². The minimum absolute atomic E-state index is 0.274. The van der Waals surface area contributed by atoms with E-state index in [1.54, 1.807) is 0 Å². The first-order chi connectivity index (χ1) is 7.16. The van der Waals surface area contributed by atoms with Gasteiger partial charge in [-0.05, 0) is 25.7 Å². The number of hydrogen-bond donors (Lipinski definition) is 2. The molecule has 2 aliphatic rings. The first kappa shape index (κ1) is 11.4. The van der Waals surface area contributed by atoms with Crippen LogP contribution in [0.2, 0.25) is 0 Å². The summed E-state index contributed by atoms with van der Waals surface area (Å²) in [6, 6.07) is 0. The van der Waals surface area contributed by atoms with Gasteiger partial charge in [0.05, 0.1) is 5.60 Å². The molecule has 0 bridgehead atoms. The molecule has 2 nitrogen and oxygen atoms in total. The summed E-state index contributed by atoms with van der Waals surface area (Å²) in [7, 11) is 0. The van der Waals surface area contributed by atoms with Crippen LogP contribution in [0.1, 0.15) is 70.6 Å². The van der Waals surface area contributed by atoms with Gasteiger partial charge in [0.1, 0.15) is 0 Å². The summed E-state index contributed by atoms with van der Waals surface area (Å²) in [6.45, 7) is 0. The summed E-state index contributed by atoms with van der Waals surface area (Å²) in [5.41, 5.74) is 5.70. The Kier molecular flexibility index (Phi) is 3.36. The van der Waals surface area contributed by atoms with Gasteiger partial charge >= 0.3 is 0 Å². The molecule has 2 saturated carbocycles. The smallest absolute Gasteiger partial charge is 0.0826 e. The molecule has 2 rings (SSSR count). The van der Waals surface area contributed by atoms with Crippen molar-refractivity contribution in [3.05, 3.63) is 0 Å². The van der Waals surface area contributed by atoms with Gasteiger partial charge in [-0.25, -0.2) is 0 Å². The summed E-state index contributed by atoms with van der Waals surface area (Å²) in [5.74, 6) is 0. The second-order valence-corrected chi connectivity index (χ2v) is 5.66. The number of aliphatic hydroxyl groups is 1. The number of nitrogens with two attached hydrogens (primary N) is 1. The third-order valence-corrected chi connectivity index (χ3v) is 4.60. The van der Waals surface area contributed by atoms with Crippen LogP contribution in [0, 0.1) is 0 Å². The summed E-state index contributed by atoms with van der Waals surface area (Å²) in [5, 5.41) is 10.8. The third kappa shape index (κ3) is 2.21. The van der Waals surface area contributed by atoms with Crippen molar-refractivity contribution in [1.82, 2.24) is 0 Å². The standard InChI is InChI=1S/C13H25NO/c14-12(8-4-1-2-5-9-12)13(15)10-6-3-7-11-13/h15H,1-11,14H2. The average molecular weight is 211 g/mol. The highest BCUT2D eigenvalue weighted by atomic mass is 16.3. The third-order valence-electron chi connectivity index (χ3n) is 4.60. The van der Waals surface area contributed by atoms with E-state index < -0.39 is 5.60 Å². The van der Waals surface area contributed by atoms with Crippen LogP contribution < -0.4 is 5.73 Å². The molecule has 0 radical (unpaired) electrons. The Balaban J connectivity index is 2.10. The van der Waals surface area contributed by atoms with E-state index in [2.05, 4.69) is 0 Å². The van der Waals surface area contributed by atoms with Crippen molar-refractivity contribution in [3.63, 3.8) is 0 Å². The van der Waals surface area contributed by atoms with Crippen LogP contribution in [0.5, 0.6) is 0 Å². The van der Waals surface area contributed by atoms with Crippen molar-refractivity contribution in [1.29, 1.82) is 0 Å². The van der Waals surface area contributed by atoms with Gasteiger partial charge in [-0.2, -0.15) is 0 Å². The van der Waals surface area contributed by atoms with Gasteiger partial charge in [0.15, 0.2) is 0 Å². The van der Waals surface area contributed by atoms with Gasteiger partial charge in [-0.15, -0.1) is 0 Å². The molecular formula is C13H25NO. The molecule has 2 heteroatoms. The Hall–Kier alpha value is -0.0800. The molecule has 0 unspecified atom stereocenters. The molecule has 2 aliphatic carbocycles. The van der Waals surface area contributed by atoms with Crippen molar-refractivity contribution < 1.29 is 5.11 Å². The van der Waals surface area contributed by atoms with Gasteiger partial charge < -0.3 is 10.8 Å². The SMILES string of the molecule is NC1(C2(O)CCCCC2)CCCCCC1. The molecule has 0 aliphatic heterocycles. The van der Waals surface area contributed by atoms with Crippen LogP contribution in [-0.2, 0) is 0 Å². The highest BCUT2D eigenvalue weighted by Crippen LogP contribution is 2.42. The van der Waals surface area contributed by atoms with Crippen LogP contribution in [0.15, 0.2) is 0 Å². The fourth-order valence-electron chi connectivity index (χ4n) is 3.46. The van der Waals surface area contributed by atoms with E-state index in [-0.39, 0.29) is 5.54 Å². The summed E-state index contributed by atoms with van der Waals surface area (Å²) >= 11 is 0. The van der Waals surface area contributed by atoms with E-state index in [1.165, 1.54) is 32.1 Å². The highest BCUT2D eigenvalue weighted by Gasteiger charge is 2.47. The zero-order valence-corrected chi connectivity index (χ0v) is 9.80. The zero-order valence-electron chi connectivity index (χ0n) is 9.80. The van der Waals surface area contributed by atoms with Gasteiger partial charge in [-0.1, -0.05) is 44.9 Å². The lowest BCUT2D eigenvalue weighted by Gasteiger charge is -2.47. The van der Waals surface area contributed by atoms with E-state index in [0.717, 1.165) is 38.5 Å².